The smallest absolute Gasteiger partial charge is 0.220 e. The maximum absolute atomic E-state index is 10.8. The van der Waals surface area contributed by atoms with Crippen molar-refractivity contribution in [3.63, 3.8) is 0 Å². The van der Waals surface area contributed by atoms with Gasteiger partial charge in [-0.15, -0.1) is 0 Å². The molecule has 0 aromatic rings. The molecule has 10 heavy (non-hydrogen) atoms. The number of nitrogens with one attached hydrogen (secondary N) is 1. The van der Waals surface area contributed by atoms with Crippen molar-refractivity contribution in [1.29, 1.82) is 0 Å². The second-order valence-electron chi connectivity index (χ2n) is 2.48. The molecule has 0 aliphatic rings. The fraction of sp³-hybridized carbons (Fsp3) is 0.625. The zero-order chi connectivity index (χ0) is 7.98. The quantitative estimate of drug-likeness (QED) is 0.590. The molecule has 0 saturated carbocycles. The molecule has 0 aromatic heterocycles. The molecule has 0 spiro atoms. The maximum atomic E-state index is 10.8. The summed E-state index contributed by atoms with van der Waals surface area (Å²) in [4.78, 5) is 10.8. The van der Waals surface area contributed by atoms with Gasteiger partial charge in [-0.1, -0.05) is 19.1 Å². The Balaban J connectivity index is 3.30. The van der Waals surface area contributed by atoms with Gasteiger partial charge in [0.15, 0.2) is 0 Å². The van der Waals surface area contributed by atoms with Crippen molar-refractivity contribution in [1.82, 2.24) is 5.32 Å². The molecule has 0 atom stereocenters. The second-order valence-corrected chi connectivity index (χ2v) is 2.48. The lowest BCUT2D eigenvalue weighted by Crippen LogP contribution is -2.24. The first-order valence-corrected chi connectivity index (χ1v) is 3.58. The molecule has 1 amide bonds. The molecule has 2 heteroatoms. The van der Waals surface area contributed by atoms with Crippen LogP contribution in [-0.2, 0) is 4.79 Å². The summed E-state index contributed by atoms with van der Waals surface area (Å²) < 4.78 is 0. The SMILES string of the molecule is C=C(C)CNC(=O)CCC. The second kappa shape index (κ2) is 5.03. The lowest BCUT2D eigenvalue weighted by atomic mass is 10.3. The van der Waals surface area contributed by atoms with Gasteiger partial charge in [0.2, 0.25) is 5.91 Å². The van der Waals surface area contributed by atoms with Gasteiger partial charge < -0.3 is 5.32 Å². The van der Waals surface area contributed by atoms with Crippen molar-refractivity contribution in [2.75, 3.05) is 6.54 Å². The van der Waals surface area contributed by atoms with Crippen LogP contribution in [0.3, 0.4) is 0 Å². The molecule has 0 rings (SSSR count). The fourth-order valence-electron chi connectivity index (χ4n) is 0.565. The molecule has 0 aliphatic carbocycles. The van der Waals surface area contributed by atoms with Crippen molar-refractivity contribution in [2.24, 2.45) is 0 Å². The van der Waals surface area contributed by atoms with E-state index in [1.54, 1.807) is 0 Å². The Bertz CT molecular complexity index is 129. The predicted octanol–water partition coefficient (Wildman–Crippen LogP) is 1.48. The first-order chi connectivity index (χ1) is 4.66. The average molecular weight is 141 g/mol. The van der Waals surface area contributed by atoms with E-state index < -0.39 is 0 Å². The number of amides is 1. The molecule has 0 saturated heterocycles. The van der Waals surface area contributed by atoms with Crippen LogP contribution in [0.1, 0.15) is 26.7 Å². The third-order valence-corrected chi connectivity index (χ3v) is 1.06. The van der Waals surface area contributed by atoms with Crippen LogP contribution in [0.5, 0.6) is 0 Å². The Morgan fingerprint density at radius 1 is 1.60 bits per heavy atom. The van der Waals surface area contributed by atoms with E-state index in [-0.39, 0.29) is 5.91 Å². The highest BCUT2D eigenvalue weighted by atomic mass is 16.1. The molecular formula is C8H15NO. The van der Waals surface area contributed by atoms with Crippen molar-refractivity contribution in [2.45, 2.75) is 26.7 Å². The van der Waals surface area contributed by atoms with E-state index in [0.717, 1.165) is 12.0 Å². The number of carbonyl (C=O) groups excluding carboxylic acids is 1. The van der Waals surface area contributed by atoms with Gasteiger partial charge in [0, 0.05) is 13.0 Å². The molecule has 2 nitrogen and oxygen atoms in total. The van der Waals surface area contributed by atoms with Crippen molar-refractivity contribution >= 4 is 5.91 Å². The van der Waals surface area contributed by atoms with Crippen molar-refractivity contribution < 1.29 is 4.79 Å². The molecule has 0 fully saturated rings. The van der Waals surface area contributed by atoms with E-state index >= 15 is 0 Å². The van der Waals surface area contributed by atoms with Crippen LogP contribution in [0.25, 0.3) is 0 Å². The van der Waals surface area contributed by atoms with Crippen LogP contribution in [0.2, 0.25) is 0 Å². The third kappa shape index (κ3) is 5.35. The summed E-state index contributed by atoms with van der Waals surface area (Å²) in [6.45, 7) is 8.16. The highest BCUT2D eigenvalue weighted by Crippen LogP contribution is 1.87. The predicted molar refractivity (Wildman–Crippen MR) is 42.7 cm³/mol. The third-order valence-electron chi connectivity index (χ3n) is 1.06. The number of carbonyl (C=O) groups is 1. The molecule has 0 aromatic carbocycles. The zero-order valence-corrected chi connectivity index (χ0v) is 6.74. The van der Waals surface area contributed by atoms with Crippen LogP contribution in [-0.4, -0.2) is 12.5 Å². The monoisotopic (exact) mass is 141 g/mol. The average Bonchev–Trinajstić information content (AvgIpc) is 1.85. The van der Waals surface area contributed by atoms with Gasteiger partial charge in [-0.25, -0.2) is 0 Å². The standard InChI is InChI=1S/C8H15NO/c1-4-5-8(10)9-6-7(2)3/h2,4-6H2,1,3H3,(H,9,10). The van der Waals surface area contributed by atoms with E-state index in [2.05, 4.69) is 11.9 Å². The Kier molecular flexibility index (Phi) is 4.63. The summed E-state index contributed by atoms with van der Waals surface area (Å²) >= 11 is 0. The van der Waals surface area contributed by atoms with E-state index in [1.165, 1.54) is 0 Å². The van der Waals surface area contributed by atoms with Gasteiger partial charge in [-0.2, -0.15) is 0 Å². The Morgan fingerprint density at radius 3 is 2.60 bits per heavy atom. The van der Waals surface area contributed by atoms with Crippen LogP contribution in [0, 0.1) is 0 Å². The fourth-order valence-corrected chi connectivity index (χ4v) is 0.565. The maximum Gasteiger partial charge on any atom is 0.220 e. The molecule has 0 unspecified atom stereocenters. The zero-order valence-electron chi connectivity index (χ0n) is 6.74. The van der Waals surface area contributed by atoms with E-state index in [4.69, 9.17) is 0 Å². The first-order valence-electron chi connectivity index (χ1n) is 3.58. The van der Waals surface area contributed by atoms with E-state index in [1.807, 2.05) is 13.8 Å². The van der Waals surface area contributed by atoms with Crippen LogP contribution in [0.15, 0.2) is 12.2 Å². The minimum absolute atomic E-state index is 0.116. The van der Waals surface area contributed by atoms with Gasteiger partial charge >= 0.3 is 0 Å². The largest absolute Gasteiger partial charge is 0.352 e. The number of hydrogen-bond donors (Lipinski definition) is 1. The summed E-state index contributed by atoms with van der Waals surface area (Å²) in [5, 5.41) is 2.74. The summed E-state index contributed by atoms with van der Waals surface area (Å²) in [6, 6.07) is 0. The minimum atomic E-state index is 0.116. The molecular weight excluding hydrogens is 126 g/mol. The van der Waals surface area contributed by atoms with Gasteiger partial charge in [-0.05, 0) is 13.3 Å². The summed E-state index contributed by atoms with van der Waals surface area (Å²) in [5.41, 5.74) is 0.990. The highest BCUT2D eigenvalue weighted by Gasteiger charge is 1.95. The number of hydrogen-bond acceptors (Lipinski definition) is 1. The molecule has 0 heterocycles. The van der Waals surface area contributed by atoms with Crippen molar-refractivity contribution in [3.05, 3.63) is 12.2 Å². The summed E-state index contributed by atoms with van der Waals surface area (Å²) in [7, 11) is 0. The van der Waals surface area contributed by atoms with Gasteiger partial charge in [-0.3, -0.25) is 4.79 Å². The van der Waals surface area contributed by atoms with Gasteiger partial charge in [0.25, 0.3) is 0 Å². The summed E-state index contributed by atoms with van der Waals surface area (Å²) in [6.07, 6.45) is 1.52. The Labute approximate surface area is 62.3 Å². The van der Waals surface area contributed by atoms with E-state index in [0.29, 0.717) is 13.0 Å². The van der Waals surface area contributed by atoms with E-state index in [9.17, 15) is 4.79 Å². The molecule has 58 valence electrons. The van der Waals surface area contributed by atoms with Crippen LogP contribution < -0.4 is 5.32 Å². The highest BCUT2D eigenvalue weighted by molar-refractivity contribution is 5.75. The Hall–Kier alpha value is -0.790. The van der Waals surface area contributed by atoms with Gasteiger partial charge in [0.05, 0.1) is 0 Å². The normalized spacial score (nSPS) is 9.00. The lowest BCUT2D eigenvalue weighted by molar-refractivity contribution is -0.120. The number of rotatable bonds is 4. The molecule has 0 radical (unpaired) electrons. The molecule has 0 aliphatic heterocycles. The Morgan fingerprint density at radius 2 is 2.20 bits per heavy atom. The molecule has 1 N–H and O–H groups in total. The first kappa shape index (κ1) is 9.21. The molecule has 0 bridgehead atoms. The minimum Gasteiger partial charge on any atom is -0.352 e. The van der Waals surface area contributed by atoms with Crippen LogP contribution in [0.4, 0.5) is 0 Å². The lowest BCUT2D eigenvalue weighted by Gasteiger charge is -2.01. The van der Waals surface area contributed by atoms with Crippen LogP contribution >= 0.6 is 0 Å². The topological polar surface area (TPSA) is 29.1 Å². The summed E-state index contributed by atoms with van der Waals surface area (Å²) in [5.74, 6) is 0.116. The van der Waals surface area contributed by atoms with Gasteiger partial charge in [0.1, 0.15) is 0 Å². The van der Waals surface area contributed by atoms with Crippen molar-refractivity contribution in [3.8, 4) is 0 Å².